The predicted octanol–water partition coefficient (Wildman–Crippen LogP) is 11.4. The number of hydrogen-bond donors (Lipinski definition) is 0. The molecule has 0 amide bonds. The summed E-state index contributed by atoms with van der Waals surface area (Å²) < 4.78 is 82.4. The molecular formula is C44H110O11Si11. The van der Waals surface area contributed by atoms with Crippen LogP contribution in [0.1, 0.15) is 228 Å². The van der Waals surface area contributed by atoms with Crippen LogP contribution in [-0.4, -0.2) is 102 Å². The van der Waals surface area contributed by atoms with Crippen molar-refractivity contribution in [2.75, 3.05) is 0 Å². The molecule has 0 aromatic carbocycles. The first kappa shape index (κ1) is 66.0. The van der Waals surface area contributed by atoms with Gasteiger partial charge in [-0.25, -0.2) is 0 Å². The second-order valence-corrected chi connectivity index (χ2v) is 68.5. The van der Waals surface area contributed by atoms with Crippen molar-refractivity contribution in [1.82, 2.24) is 0 Å². The van der Waals surface area contributed by atoms with Crippen LogP contribution in [0.15, 0.2) is 0 Å². The summed E-state index contributed by atoms with van der Waals surface area (Å²) in [5.74, 6) is 0. The van der Waals surface area contributed by atoms with E-state index >= 15 is 0 Å². The Labute approximate surface area is 428 Å². The fraction of sp³-hybridized carbons (Fsp3) is 1.00. The molecule has 1 fully saturated rings. The van der Waals surface area contributed by atoms with Gasteiger partial charge < -0.3 is 45.3 Å². The predicted molar refractivity (Wildman–Crippen MR) is 307 cm³/mol. The molecule has 1 rings (SSSR count). The summed E-state index contributed by atoms with van der Waals surface area (Å²) in [6.07, 6.45) is 0. The molecule has 1 heterocycles. The molecule has 0 radical (unpaired) electrons. The lowest BCUT2D eigenvalue weighted by atomic mass is 10.2. The lowest BCUT2D eigenvalue weighted by Gasteiger charge is -2.66. The van der Waals surface area contributed by atoms with Crippen LogP contribution in [0.5, 0.6) is 0 Å². The van der Waals surface area contributed by atoms with Crippen LogP contribution in [0.2, 0.25) is 55.4 Å². The summed E-state index contributed by atoms with van der Waals surface area (Å²) in [6.45, 7) is 76.8. The summed E-state index contributed by atoms with van der Waals surface area (Å²) >= 11 is 0. The minimum atomic E-state index is -3.75. The van der Waals surface area contributed by atoms with Crippen molar-refractivity contribution in [1.29, 1.82) is 0 Å². The Morgan fingerprint density at radius 1 is 0.258 bits per heavy atom. The maximum atomic E-state index is 8.89. The van der Waals surface area contributed by atoms with E-state index < -0.39 is 142 Å². The number of hydrogen-bond acceptors (Lipinski definition) is 11. The smallest absolute Gasteiger partial charge is 0.331 e. The third-order valence-corrected chi connectivity index (χ3v) is 54.9. The second-order valence-electron chi connectivity index (χ2n) is 30.5. The molecule has 0 aromatic heterocycles. The molecule has 0 spiro atoms. The van der Waals surface area contributed by atoms with E-state index in [-0.39, 0.29) is 15.1 Å². The molecular weight excluding hydrogens is 1010 g/mol. The van der Waals surface area contributed by atoms with E-state index in [9.17, 15) is 0 Å². The zero-order chi connectivity index (χ0) is 52.9. The molecule has 11 nitrogen and oxygen atoms in total. The Balaban J connectivity index is 5.12. The van der Waals surface area contributed by atoms with Gasteiger partial charge in [0.1, 0.15) is 0 Å². The van der Waals surface area contributed by atoms with Gasteiger partial charge in [0, 0.05) is 55.4 Å². The lowest BCUT2D eigenvalue weighted by molar-refractivity contribution is 0.144. The minimum absolute atomic E-state index is 0.261. The molecule has 1 saturated heterocycles. The molecule has 22 heteroatoms. The average molecular weight is 1120 g/mol. The second kappa shape index (κ2) is 21.3. The van der Waals surface area contributed by atoms with Gasteiger partial charge in [0.2, 0.25) is 0 Å². The monoisotopic (exact) mass is 1120 g/mol. The third-order valence-electron chi connectivity index (χ3n) is 13.2. The number of rotatable bonds is 0. The van der Waals surface area contributed by atoms with Gasteiger partial charge in [0.15, 0.2) is 0 Å². The summed E-state index contributed by atoms with van der Waals surface area (Å²) in [5.41, 5.74) is 0. The van der Waals surface area contributed by atoms with Crippen LogP contribution in [-0.2, 0) is 45.3 Å². The van der Waals surface area contributed by atoms with Gasteiger partial charge in [-0.2, -0.15) is 0 Å². The molecule has 0 bridgehead atoms. The van der Waals surface area contributed by atoms with E-state index in [2.05, 4.69) is 228 Å². The summed E-state index contributed by atoms with van der Waals surface area (Å²) in [4.78, 5) is 0. The molecule has 1 aliphatic heterocycles. The Morgan fingerprint density at radius 2 is 0.470 bits per heavy atom. The molecule has 1 aliphatic rings. The van der Waals surface area contributed by atoms with Crippen LogP contribution in [0.4, 0.5) is 0 Å². The largest absolute Gasteiger partial charge is 0.425 e. The topological polar surface area (TPSA) is 102 Å². The Hall–Kier alpha value is 1.95. The highest BCUT2D eigenvalue weighted by molar-refractivity contribution is 6.97. The highest BCUT2D eigenvalue weighted by Crippen LogP contribution is 2.68. The first-order chi connectivity index (χ1) is 28.6. The molecule has 0 saturated carbocycles. The van der Waals surface area contributed by atoms with E-state index in [1.54, 1.807) is 0 Å². The van der Waals surface area contributed by atoms with Crippen molar-refractivity contribution in [3.8, 4) is 0 Å². The van der Waals surface area contributed by atoms with Crippen LogP contribution in [0.3, 0.4) is 0 Å². The molecule has 66 heavy (non-hydrogen) atoms. The van der Waals surface area contributed by atoms with Crippen molar-refractivity contribution >= 4 is 102 Å². The zero-order valence-electron chi connectivity index (χ0n) is 49.6. The van der Waals surface area contributed by atoms with Crippen LogP contribution < -0.4 is 0 Å². The van der Waals surface area contributed by atoms with Gasteiger partial charge >= 0.3 is 52.1 Å². The van der Waals surface area contributed by atoms with Crippen LogP contribution in [0.25, 0.3) is 0 Å². The quantitative estimate of drug-likeness (QED) is 0.217. The fourth-order valence-electron chi connectivity index (χ4n) is 10.9. The highest BCUT2D eigenvalue weighted by atomic mass is 28.5. The first-order valence-corrected chi connectivity index (χ1v) is 41.1. The van der Waals surface area contributed by atoms with Crippen molar-refractivity contribution in [2.45, 2.75) is 284 Å². The van der Waals surface area contributed by atoms with Crippen molar-refractivity contribution in [3.63, 3.8) is 0 Å². The molecule has 0 aliphatic carbocycles. The Bertz CT molecular complexity index is 1470. The van der Waals surface area contributed by atoms with Crippen molar-refractivity contribution < 1.29 is 45.3 Å². The highest BCUT2D eigenvalue weighted by Gasteiger charge is 2.77. The maximum absolute atomic E-state index is 8.89. The molecule has 1 atom stereocenters. The van der Waals surface area contributed by atoms with Gasteiger partial charge in [-0.1, -0.05) is 228 Å². The first-order valence-electron chi connectivity index (χ1n) is 24.7. The fourth-order valence-corrected chi connectivity index (χ4v) is 72.3. The summed E-state index contributed by atoms with van der Waals surface area (Å²) in [7, 11) is -27.4. The molecule has 0 aromatic rings. The average Bonchev–Trinajstić information content (AvgIpc) is 3.00. The zero-order valence-corrected chi connectivity index (χ0v) is 62.8. The Morgan fingerprint density at radius 3 is 0.712 bits per heavy atom. The van der Waals surface area contributed by atoms with Gasteiger partial charge in [0.05, 0.1) is 0 Å². The lowest BCUT2D eigenvalue weighted by Crippen LogP contribution is -2.78. The van der Waals surface area contributed by atoms with Crippen molar-refractivity contribution in [3.05, 3.63) is 0 Å². The minimum Gasteiger partial charge on any atom is -0.425 e. The van der Waals surface area contributed by atoms with E-state index in [1.807, 2.05) is 0 Å². The van der Waals surface area contributed by atoms with Crippen LogP contribution in [0, 0.1) is 0 Å². The molecule has 1 unspecified atom stereocenters. The maximum Gasteiger partial charge on any atom is 0.331 e. The van der Waals surface area contributed by atoms with Crippen molar-refractivity contribution in [2.24, 2.45) is 0 Å². The van der Waals surface area contributed by atoms with Gasteiger partial charge in [-0.05, 0) is 0 Å². The van der Waals surface area contributed by atoms with Gasteiger partial charge in [-0.3, -0.25) is 0 Å². The van der Waals surface area contributed by atoms with E-state index in [4.69, 9.17) is 45.3 Å². The van der Waals surface area contributed by atoms with Gasteiger partial charge in [-0.15, -0.1) is 0 Å². The van der Waals surface area contributed by atoms with E-state index in [0.717, 1.165) is 0 Å². The van der Waals surface area contributed by atoms with Crippen LogP contribution >= 0.6 is 0 Å². The third kappa shape index (κ3) is 13.8. The SMILES string of the molecule is CC(C)(C)[SiH]1O[SiH2]O[SiH2]O[SiH2]O[SiH2]O[SiH2]O[Si](C(C)(C)C)(C(C)(C)C)O[Si](C(C)(C)C)(C(C)(C)C)O[Si](C(C)(C)C)(C(C)(C)C)O[Si](C(C)(C)C)(C(C)(C)C)O[Si](C(C)(C)C)(C(C)(C)C)O1. The van der Waals surface area contributed by atoms with E-state index in [1.165, 1.54) is 0 Å². The Kier molecular flexibility index (Phi) is 21.3. The molecule has 396 valence electrons. The summed E-state index contributed by atoms with van der Waals surface area (Å²) in [6, 6.07) is 0. The van der Waals surface area contributed by atoms with E-state index in [0.29, 0.717) is 0 Å². The summed E-state index contributed by atoms with van der Waals surface area (Å²) in [5, 5.41) is -4.64. The molecule has 0 N–H and O–H groups in total. The normalized spacial score (nSPS) is 26.0. The standard InChI is InChI=1S/C44H110O11Si11/c1-34(2,3)61-49-59-47-57-45-56-46-58-48-60-50-62(35(4,5)6,36(7,8)9)52-64(39(16,17)18,40(19,20)21)54-66(43(28,29)30,44(31,32)33)55-65(41(22,23)24,42(25,26)27)53-63(51-61,37(10,11)12)38(13,14)15/h61H,56-60H2,1-33H3. The van der Waals surface area contributed by atoms with Gasteiger partial charge in [0.25, 0.3) is 50.0 Å².